The number of hydrogen-bond acceptors (Lipinski definition) is 2. The van der Waals surface area contributed by atoms with E-state index in [1.54, 1.807) is 6.07 Å². The molecule has 1 aromatic rings. The van der Waals surface area contributed by atoms with E-state index in [2.05, 4.69) is 0 Å². The molecule has 3 N–H and O–H groups in total. The number of phenolic OH excluding ortho intramolecular Hbond substituents is 1. The van der Waals surface area contributed by atoms with Crippen LogP contribution in [0.5, 0.6) is 5.75 Å². The SMILES string of the molecule is Cc1ccc(CN)cc1O. The van der Waals surface area contributed by atoms with Crippen molar-refractivity contribution in [2.45, 2.75) is 13.5 Å². The number of rotatable bonds is 1. The van der Waals surface area contributed by atoms with Gasteiger partial charge in [0.05, 0.1) is 0 Å². The minimum atomic E-state index is 0.322. The lowest BCUT2D eigenvalue weighted by Crippen LogP contribution is -1.95. The molecule has 0 heterocycles. The summed E-state index contributed by atoms with van der Waals surface area (Å²) < 4.78 is 0. The molecule has 0 saturated heterocycles. The van der Waals surface area contributed by atoms with E-state index in [0.29, 0.717) is 12.3 Å². The lowest BCUT2D eigenvalue weighted by Gasteiger charge is -1.99. The molecule has 1 aromatic carbocycles. The number of hydrogen-bond donors (Lipinski definition) is 2. The van der Waals surface area contributed by atoms with Crippen LogP contribution in [0.3, 0.4) is 0 Å². The topological polar surface area (TPSA) is 46.2 Å². The van der Waals surface area contributed by atoms with E-state index in [-0.39, 0.29) is 0 Å². The molecule has 0 amide bonds. The van der Waals surface area contributed by atoms with Crippen LogP contribution in [0.25, 0.3) is 0 Å². The standard InChI is InChI=1S/C8H11NO/c1-6-2-3-7(5-9)4-8(6)10/h2-4,10H,5,9H2,1H3. The molecular formula is C8H11NO. The van der Waals surface area contributed by atoms with E-state index in [1.807, 2.05) is 19.1 Å². The monoisotopic (exact) mass is 137 g/mol. The van der Waals surface area contributed by atoms with Crippen LogP contribution in [0.15, 0.2) is 18.2 Å². The molecule has 0 unspecified atom stereocenters. The van der Waals surface area contributed by atoms with Crippen molar-refractivity contribution < 1.29 is 5.11 Å². The lowest BCUT2D eigenvalue weighted by molar-refractivity contribution is 0.470. The normalized spacial score (nSPS) is 9.80. The molecule has 0 saturated carbocycles. The van der Waals surface area contributed by atoms with Gasteiger partial charge < -0.3 is 10.8 Å². The Morgan fingerprint density at radius 1 is 1.50 bits per heavy atom. The zero-order valence-electron chi connectivity index (χ0n) is 5.96. The maximum atomic E-state index is 9.18. The summed E-state index contributed by atoms with van der Waals surface area (Å²) in [7, 11) is 0. The van der Waals surface area contributed by atoms with Crippen molar-refractivity contribution in [3.63, 3.8) is 0 Å². The molecule has 2 nitrogen and oxygen atoms in total. The highest BCUT2D eigenvalue weighted by molar-refractivity contribution is 5.34. The van der Waals surface area contributed by atoms with Crippen LogP contribution in [-0.4, -0.2) is 5.11 Å². The third-order valence-electron chi connectivity index (χ3n) is 1.51. The first-order valence-corrected chi connectivity index (χ1v) is 3.22. The van der Waals surface area contributed by atoms with Crippen molar-refractivity contribution in [1.29, 1.82) is 0 Å². The Balaban J connectivity index is 3.04. The zero-order chi connectivity index (χ0) is 7.56. The lowest BCUT2D eigenvalue weighted by atomic mass is 10.1. The molecule has 0 aliphatic rings. The van der Waals surface area contributed by atoms with Crippen LogP contribution in [-0.2, 0) is 6.54 Å². The average Bonchev–Trinajstić information content (AvgIpc) is 1.95. The van der Waals surface area contributed by atoms with Gasteiger partial charge in [0.25, 0.3) is 0 Å². The summed E-state index contributed by atoms with van der Waals surface area (Å²) in [5.41, 5.74) is 7.21. The van der Waals surface area contributed by atoms with E-state index in [0.717, 1.165) is 11.1 Å². The largest absolute Gasteiger partial charge is 0.508 e. The van der Waals surface area contributed by atoms with Crippen LogP contribution in [0.2, 0.25) is 0 Å². The van der Waals surface area contributed by atoms with Crippen LogP contribution in [0, 0.1) is 6.92 Å². The molecule has 0 bridgehead atoms. The number of aryl methyl sites for hydroxylation is 1. The van der Waals surface area contributed by atoms with Gasteiger partial charge in [0.1, 0.15) is 5.75 Å². The summed E-state index contributed by atoms with van der Waals surface area (Å²) in [6.45, 7) is 2.34. The van der Waals surface area contributed by atoms with Crippen molar-refractivity contribution >= 4 is 0 Å². The summed E-state index contributed by atoms with van der Waals surface area (Å²) in [5.74, 6) is 0.322. The first kappa shape index (κ1) is 7.09. The molecule has 0 spiro atoms. The van der Waals surface area contributed by atoms with E-state index in [4.69, 9.17) is 5.73 Å². The number of nitrogens with two attached hydrogens (primary N) is 1. The van der Waals surface area contributed by atoms with Crippen molar-refractivity contribution in [2.75, 3.05) is 0 Å². The van der Waals surface area contributed by atoms with Gasteiger partial charge in [-0.15, -0.1) is 0 Å². The van der Waals surface area contributed by atoms with E-state index < -0.39 is 0 Å². The Kier molecular flexibility index (Phi) is 1.92. The molecule has 0 atom stereocenters. The third kappa shape index (κ3) is 1.28. The molecule has 0 aliphatic heterocycles. The molecule has 10 heavy (non-hydrogen) atoms. The highest BCUT2D eigenvalue weighted by Gasteiger charge is 1.94. The highest BCUT2D eigenvalue weighted by atomic mass is 16.3. The third-order valence-corrected chi connectivity index (χ3v) is 1.51. The molecule has 0 radical (unpaired) electrons. The fraction of sp³-hybridized carbons (Fsp3) is 0.250. The second kappa shape index (κ2) is 2.71. The summed E-state index contributed by atoms with van der Waals surface area (Å²) in [6.07, 6.45) is 0. The summed E-state index contributed by atoms with van der Waals surface area (Å²) in [4.78, 5) is 0. The molecule has 0 aliphatic carbocycles. The Morgan fingerprint density at radius 3 is 2.70 bits per heavy atom. The Bertz CT molecular complexity index is 233. The predicted molar refractivity (Wildman–Crippen MR) is 40.7 cm³/mol. The predicted octanol–water partition coefficient (Wildman–Crippen LogP) is 1.16. The number of phenols is 1. The molecule has 1 rings (SSSR count). The molecule has 54 valence electrons. The van der Waals surface area contributed by atoms with Gasteiger partial charge in [0, 0.05) is 6.54 Å². The van der Waals surface area contributed by atoms with Crippen LogP contribution in [0.1, 0.15) is 11.1 Å². The van der Waals surface area contributed by atoms with E-state index in [9.17, 15) is 5.11 Å². The molecular weight excluding hydrogens is 126 g/mol. The molecule has 0 aromatic heterocycles. The van der Waals surface area contributed by atoms with Gasteiger partial charge in [0.15, 0.2) is 0 Å². The summed E-state index contributed by atoms with van der Waals surface area (Å²) in [5, 5.41) is 9.18. The second-order valence-corrected chi connectivity index (χ2v) is 2.32. The van der Waals surface area contributed by atoms with Crippen LogP contribution < -0.4 is 5.73 Å². The minimum Gasteiger partial charge on any atom is -0.508 e. The smallest absolute Gasteiger partial charge is 0.118 e. The fourth-order valence-electron chi connectivity index (χ4n) is 0.782. The van der Waals surface area contributed by atoms with Crippen LogP contribution in [0.4, 0.5) is 0 Å². The Morgan fingerprint density at radius 2 is 2.20 bits per heavy atom. The Hall–Kier alpha value is -1.02. The second-order valence-electron chi connectivity index (χ2n) is 2.32. The first-order valence-electron chi connectivity index (χ1n) is 3.22. The fourth-order valence-corrected chi connectivity index (χ4v) is 0.782. The average molecular weight is 137 g/mol. The van der Waals surface area contributed by atoms with Crippen molar-refractivity contribution in [1.82, 2.24) is 0 Å². The van der Waals surface area contributed by atoms with Gasteiger partial charge >= 0.3 is 0 Å². The summed E-state index contributed by atoms with van der Waals surface area (Å²) in [6, 6.07) is 5.46. The number of aromatic hydroxyl groups is 1. The maximum absolute atomic E-state index is 9.18. The van der Waals surface area contributed by atoms with Gasteiger partial charge in [-0.3, -0.25) is 0 Å². The van der Waals surface area contributed by atoms with Crippen molar-refractivity contribution in [3.05, 3.63) is 29.3 Å². The highest BCUT2D eigenvalue weighted by Crippen LogP contribution is 2.16. The zero-order valence-corrected chi connectivity index (χ0v) is 5.96. The number of benzene rings is 1. The van der Waals surface area contributed by atoms with Gasteiger partial charge in [-0.05, 0) is 24.1 Å². The van der Waals surface area contributed by atoms with Gasteiger partial charge in [-0.1, -0.05) is 12.1 Å². The summed E-state index contributed by atoms with van der Waals surface area (Å²) >= 11 is 0. The van der Waals surface area contributed by atoms with Gasteiger partial charge in [-0.25, -0.2) is 0 Å². The quantitative estimate of drug-likeness (QED) is 0.610. The molecule has 2 heteroatoms. The van der Waals surface area contributed by atoms with Crippen molar-refractivity contribution in [2.24, 2.45) is 5.73 Å². The van der Waals surface area contributed by atoms with Gasteiger partial charge in [0.2, 0.25) is 0 Å². The maximum Gasteiger partial charge on any atom is 0.118 e. The first-order chi connectivity index (χ1) is 4.74. The van der Waals surface area contributed by atoms with E-state index >= 15 is 0 Å². The molecule has 0 fully saturated rings. The van der Waals surface area contributed by atoms with Crippen molar-refractivity contribution in [3.8, 4) is 5.75 Å². The van der Waals surface area contributed by atoms with Crippen LogP contribution >= 0.6 is 0 Å². The van der Waals surface area contributed by atoms with E-state index in [1.165, 1.54) is 0 Å². The minimum absolute atomic E-state index is 0.322. The Labute approximate surface area is 60.3 Å². The van der Waals surface area contributed by atoms with Gasteiger partial charge in [-0.2, -0.15) is 0 Å².